The molecule has 212 valence electrons. The maximum Gasteiger partial charge on any atom is 0.309 e. The third kappa shape index (κ3) is 10.8. The molecule has 2 N–H and O–H groups in total. The quantitative estimate of drug-likeness (QED) is 0.206. The van der Waals surface area contributed by atoms with E-state index in [1.807, 2.05) is 23.5 Å². The zero-order valence-electron chi connectivity index (χ0n) is 24.6. The smallest absolute Gasteiger partial charge is 0.309 e. The maximum atomic E-state index is 11.4. The van der Waals surface area contributed by atoms with Crippen LogP contribution in [0.1, 0.15) is 107 Å². The SMILES string of the molecule is CC1(C)C=C(/C=C/C2=CC(C)(C)C=C(CCCCC(C)(C)C(=O)O)S2)SC(CCCCC(C)(C)C(=O)O)=C1. The predicted octanol–water partition coefficient (Wildman–Crippen LogP) is 9.97. The van der Waals surface area contributed by atoms with E-state index < -0.39 is 22.8 Å². The normalized spacial score (nSPS) is 19.5. The zero-order chi connectivity index (χ0) is 28.8. The second kappa shape index (κ2) is 13.1. The van der Waals surface area contributed by atoms with Crippen LogP contribution in [0.15, 0.2) is 56.1 Å². The van der Waals surface area contributed by atoms with E-state index in [4.69, 9.17) is 0 Å². The number of thioether (sulfide) groups is 2. The topological polar surface area (TPSA) is 74.6 Å². The molecule has 0 amide bonds. The Morgan fingerprint density at radius 3 is 1.34 bits per heavy atom. The molecule has 2 rings (SSSR count). The zero-order valence-corrected chi connectivity index (χ0v) is 26.3. The number of allylic oxidation sites excluding steroid dienone is 8. The molecule has 0 saturated carbocycles. The minimum atomic E-state index is -0.724. The van der Waals surface area contributed by atoms with E-state index in [1.165, 1.54) is 19.6 Å². The summed E-state index contributed by atoms with van der Waals surface area (Å²) in [6.07, 6.45) is 21.0. The van der Waals surface area contributed by atoms with E-state index in [0.29, 0.717) is 12.8 Å². The summed E-state index contributed by atoms with van der Waals surface area (Å²) in [5.41, 5.74) is -1.35. The number of unbranched alkanes of at least 4 members (excludes halogenated alkanes) is 2. The molecule has 2 heterocycles. The summed E-state index contributed by atoms with van der Waals surface area (Å²) in [6.45, 7) is 16.2. The number of hydrogen-bond acceptors (Lipinski definition) is 4. The number of carbonyl (C=O) groups is 2. The summed E-state index contributed by atoms with van der Waals surface area (Å²) in [7, 11) is 0. The number of rotatable bonds is 14. The summed E-state index contributed by atoms with van der Waals surface area (Å²) in [5, 5.41) is 18.7. The Morgan fingerprint density at radius 2 is 1.03 bits per heavy atom. The summed E-state index contributed by atoms with van der Waals surface area (Å²) in [6, 6.07) is 0. The fourth-order valence-corrected chi connectivity index (χ4v) is 7.41. The first-order chi connectivity index (χ1) is 17.4. The van der Waals surface area contributed by atoms with Crippen LogP contribution in [0, 0.1) is 21.7 Å². The Kier molecular flexibility index (Phi) is 11.2. The van der Waals surface area contributed by atoms with Crippen molar-refractivity contribution in [1.82, 2.24) is 0 Å². The van der Waals surface area contributed by atoms with Crippen molar-refractivity contribution in [2.45, 2.75) is 107 Å². The van der Waals surface area contributed by atoms with Crippen LogP contribution < -0.4 is 0 Å². The Balaban J connectivity index is 1.94. The van der Waals surface area contributed by atoms with Crippen molar-refractivity contribution in [3.05, 3.63) is 56.1 Å². The van der Waals surface area contributed by atoms with Gasteiger partial charge < -0.3 is 10.2 Å². The average Bonchev–Trinajstić information content (AvgIpc) is 2.76. The molecule has 6 heteroatoms. The van der Waals surface area contributed by atoms with Gasteiger partial charge in [0.25, 0.3) is 0 Å². The highest BCUT2D eigenvalue weighted by molar-refractivity contribution is 8.07. The van der Waals surface area contributed by atoms with Crippen LogP contribution in [0.3, 0.4) is 0 Å². The number of carboxylic acids is 2. The van der Waals surface area contributed by atoms with Gasteiger partial charge in [-0.05, 0) is 88.2 Å². The van der Waals surface area contributed by atoms with Crippen LogP contribution in [-0.2, 0) is 9.59 Å². The van der Waals surface area contributed by atoms with E-state index >= 15 is 0 Å². The Bertz CT molecular complexity index is 954. The van der Waals surface area contributed by atoms with E-state index in [2.05, 4.69) is 64.2 Å². The van der Waals surface area contributed by atoms with Gasteiger partial charge in [-0.15, -0.1) is 0 Å². The van der Waals surface area contributed by atoms with Gasteiger partial charge in [0.1, 0.15) is 0 Å². The molecule has 0 atom stereocenters. The average molecular weight is 561 g/mol. The molecule has 0 radical (unpaired) electrons. The molecule has 0 aromatic rings. The Morgan fingerprint density at radius 1 is 0.684 bits per heavy atom. The van der Waals surface area contributed by atoms with Gasteiger partial charge in [0.2, 0.25) is 0 Å². The maximum absolute atomic E-state index is 11.4. The Hall–Kier alpha value is -1.66. The summed E-state index contributed by atoms with van der Waals surface area (Å²) in [4.78, 5) is 28.0. The molecule has 2 aliphatic rings. The van der Waals surface area contributed by atoms with Crippen LogP contribution in [0.2, 0.25) is 0 Å². The minimum Gasteiger partial charge on any atom is -0.481 e. The third-order valence-electron chi connectivity index (χ3n) is 7.11. The molecule has 0 aromatic carbocycles. The van der Waals surface area contributed by atoms with Crippen LogP contribution in [0.4, 0.5) is 0 Å². The van der Waals surface area contributed by atoms with Gasteiger partial charge in [-0.3, -0.25) is 9.59 Å². The molecule has 38 heavy (non-hydrogen) atoms. The number of aliphatic carboxylic acids is 2. The van der Waals surface area contributed by atoms with Crippen molar-refractivity contribution in [2.24, 2.45) is 21.7 Å². The van der Waals surface area contributed by atoms with E-state index in [0.717, 1.165) is 38.5 Å². The van der Waals surface area contributed by atoms with Crippen LogP contribution >= 0.6 is 23.5 Å². The monoisotopic (exact) mass is 560 g/mol. The van der Waals surface area contributed by atoms with Crippen LogP contribution in [-0.4, -0.2) is 22.2 Å². The molecule has 0 unspecified atom stereocenters. The highest BCUT2D eigenvalue weighted by Gasteiger charge is 2.28. The van der Waals surface area contributed by atoms with Crippen LogP contribution in [0.5, 0.6) is 0 Å². The lowest BCUT2D eigenvalue weighted by molar-refractivity contribution is -0.148. The largest absolute Gasteiger partial charge is 0.481 e. The van der Waals surface area contributed by atoms with Gasteiger partial charge in [0.15, 0.2) is 0 Å². The van der Waals surface area contributed by atoms with E-state index in [-0.39, 0.29) is 10.8 Å². The van der Waals surface area contributed by atoms with Crippen molar-refractivity contribution >= 4 is 35.5 Å². The summed E-state index contributed by atoms with van der Waals surface area (Å²) in [5.74, 6) is -1.45. The van der Waals surface area contributed by atoms with E-state index in [1.54, 1.807) is 27.7 Å². The fourth-order valence-electron chi connectivity index (χ4n) is 4.59. The highest BCUT2D eigenvalue weighted by atomic mass is 32.2. The predicted molar refractivity (Wildman–Crippen MR) is 164 cm³/mol. The van der Waals surface area contributed by atoms with Gasteiger partial charge >= 0.3 is 11.9 Å². The van der Waals surface area contributed by atoms with Crippen molar-refractivity contribution in [2.75, 3.05) is 0 Å². The molecular weight excluding hydrogens is 512 g/mol. The molecule has 2 aliphatic heterocycles. The molecule has 0 aliphatic carbocycles. The second-order valence-electron chi connectivity index (χ2n) is 13.3. The lowest BCUT2D eigenvalue weighted by Gasteiger charge is -2.26. The van der Waals surface area contributed by atoms with Crippen molar-refractivity contribution in [3.63, 3.8) is 0 Å². The van der Waals surface area contributed by atoms with Crippen molar-refractivity contribution < 1.29 is 19.8 Å². The first kappa shape index (κ1) is 32.6. The lowest BCUT2D eigenvalue weighted by atomic mass is 9.87. The molecule has 0 aromatic heterocycles. The second-order valence-corrected chi connectivity index (χ2v) is 15.7. The highest BCUT2D eigenvalue weighted by Crippen LogP contribution is 2.44. The summed E-state index contributed by atoms with van der Waals surface area (Å²) >= 11 is 3.66. The lowest BCUT2D eigenvalue weighted by Crippen LogP contribution is -2.23. The van der Waals surface area contributed by atoms with Crippen molar-refractivity contribution in [3.8, 4) is 0 Å². The van der Waals surface area contributed by atoms with Gasteiger partial charge in [-0.25, -0.2) is 0 Å². The molecular formula is C32H48O4S2. The summed E-state index contributed by atoms with van der Waals surface area (Å²) < 4.78 is 0. The molecule has 0 saturated heterocycles. The molecule has 4 nitrogen and oxygen atoms in total. The third-order valence-corrected chi connectivity index (χ3v) is 9.26. The van der Waals surface area contributed by atoms with Gasteiger partial charge in [0, 0.05) is 20.6 Å². The Labute approximate surface area is 239 Å². The number of hydrogen-bond donors (Lipinski definition) is 2. The van der Waals surface area contributed by atoms with Gasteiger partial charge in [-0.1, -0.05) is 88.4 Å². The standard InChI is InChI=1S/C32H48O4S2/c1-29(2)19-23(13-9-11-17-31(5,6)27(33)34)37-25(21-29)15-16-26-22-30(3,4)20-24(38-26)14-10-12-18-32(7,8)28(35)36/h15-16,19-22H,9-14,17-18H2,1-8H3,(H,33,34)(H,35,36)/b16-15+. The van der Waals surface area contributed by atoms with Gasteiger partial charge in [-0.2, -0.15) is 0 Å². The number of carboxylic acid groups (broad SMARTS) is 2. The fraction of sp³-hybridized carbons (Fsp3) is 0.625. The van der Waals surface area contributed by atoms with Crippen LogP contribution in [0.25, 0.3) is 0 Å². The minimum absolute atomic E-state index is 0.0112. The van der Waals surface area contributed by atoms with Crippen molar-refractivity contribution in [1.29, 1.82) is 0 Å². The first-order valence-electron chi connectivity index (χ1n) is 13.8. The molecule has 0 fully saturated rings. The van der Waals surface area contributed by atoms with Gasteiger partial charge in [0.05, 0.1) is 10.8 Å². The molecule has 0 bridgehead atoms. The van der Waals surface area contributed by atoms with E-state index in [9.17, 15) is 19.8 Å². The first-order valence-corrected chi connectivity index (χ1v) is 15.4. The molecule has 0 spiro atoms.